The van der Waals surface area contributed by atoms with Gasteiger partial charge in [-0.05, 0) is 215 Å². The first kappa shape index (κ1) is 52.6. The van der Waals surface area contributed by atoms with Crippen molar-refractivity contribution < 1.29 is 61.5 Å². The van der Waals surface area contributed by atoms with Gasteiger partial charge in [0.2, 0.25) is 5.91 Å². The van der Waals surface area contributed by atoms with E-state index in [2.05, 4.69) is 34.6 Å². The number of amides is 1. The largest absolute Gasteiger partial charge is 0.426 e. The maximum Gasteiger partial charge on any atom is 0.426 e. The van der Waals surface area contributed by atoms with E-state index < -0.39 is 30.5 Å². The molecule has 8 fully saturated rings. The van der Waals surface area contributed by atoms with Crippen molar-refractivity contribution in [2.24, 2.45) is 92.7 Å². The monoisotopic (exact) mass is 950 g/mol. The maximum absolute atomic E-state index is 13.2. The van der Waals surface area contributed by atoms with Gasteiger partial charge in [0, 0.05) is 13.5 Å². The molecule has 0 radical (unpaired) electrons. The summed E-state index contributed by atoms with van der Waals surface area (Å²) < 4.78 is 79.1. The van der Waals surface area contributed by atoms with Crippen LogP contribution in [0.2, 0.25) is 0 Å². The lowest BCUT2D eigenvalue weighted by Crippen LogP contribution is -2.58. The van der Waals surface area contributed by atoms with Crippen LogP contribution in [0.4, 0.5) is 26.3 Å². The van der Waals surface area contributed by atoms with Crippen LogP contribution < -0.4 is 0 Å². The molecule has 0 aromatic heterocycles. The Morgan fingerprint density at radius 2 is 0.970 bits per heavy atom. The Bertz CT molecular complexity index is 1690. The minimum atomic E-state index is -5.77. The molecule has 0 heterocycles. The summed E-state index contributed by atoms with van der Waals surface area (Å²) >= 11 is 0. The Morgan fingerprint density at radius 1 is 0.591 bits per heavy atom. The second-order valence-corrected chi connectivity index (χ2v) is 24.9. The molecule has 1 amide bonds. The maximum atomic E-state index is 13.2. The Labute approximate surface area is 390 Å². The van der Waals surface area contributed by atoms with Gasteiger partial charge in [-0.1, -0.05) is 41.5 Å². The van der Waals surface area contributed by atoms with Crippen LogP contribution in [-0.2, 0) is 9.63 Å². The van der Waals surface area contributed by atoms with Crippen LogP contribution in [0.1, 0.15) is 170 Å². The van der Waals surface area contributed by atoms with E-state index in [1.165, 1.54) is 30.7 Å². The predicted octanol–water partition coefficient (Wildman–Crippen LogP) is 10.7. The summed E-state index contributed by atoms with van der Waals surface area (Å²) in [7, 11) is 3.23. The van der Waals surface area contributed by atoms with Crippen molar-refractivity contribution in [2.75, 3.05) is 14.2 Å². The third kappa shape index (κ3) is 8.94. The molecule has 14 heteroatoms. The summed E-state index contributed by atoms with van der Waals surface area (Å²) in [5, 5.41) is 53.7. The first-order valence-electron chi connectivity index (χ1n) is 26.0. The van der Waals surface area contributed by atoms with Crippen LogP contribution in [0.25, 0.3) is 0 Å². The van der Waals surface area contributed by atoms with Gasteiger partial charge in [0.1, 0.15) is 0 Å². The normalized spacial score (nSPS) is 46.5. The van der Waals surface area contributed by atoms with Crippen molar-refractivity contribution in [1.82, 2.24) is 5.06 Å². The van der Waals surface area contributed by atoms with Gasteiger partial charge < -0.3 is 25.5 Å². The molecular formula is C52H85F6NO7. The van der Waals surface area contributed by atoms with E-state index in [1.807, 2.05) is 0 Å². The number of carbonyl (C=O) groups excluding carboxylic acids is 1. The highest BCUT2D eigenvalue weighted by Gasteiger charge is 2.70. The lowest BCUT2D eigenvalue weighted by atomic mass is 9.43. The van der Waals surface area contributed by atoms with Gasteiger partial charge in [0.25, 0.3) is 5.60 Å². The molecule has 14 unspecified atom stereocenters. The molecule has 20 atom stereocenters. The minimum absolute atomic E-state index is 0.0185. The number of nitrogens with zero attached hydrogens (tertiary/aromatic N) is 1. The Hall–Kier alpha value is -1.19. The summed E-state index contributed by atoms with van der Waals surface area (Å²) in [5.74, 6) is 4.14. The molecular weight excluding hydrogens is 865 g/mol. The van der Waals surface area contributed by atoms with Gasteiger partial charge in [-0.25, -0.2) is 5.06 Å². The van der Waals surface area contributed by atoms with E-state index in [0.717, 1.165) is 70.6 Å². The van der Waals surface area contributed by atoms with Crippen LogP contribution in [0.5, 0.6) is 0 Å². The molecule has 0 aromatic carbocycles. The number of hydrogen-bond acceptors (Lipinski definition) is 7. The average Bonchev–Trinajstić information content (AvgIpc) is 3.79. The SMILES string of the molecule is CC(CCC(O)(C(F)(F)F)C(F)(F)F)C1CCC2C3C[C@H](O)[C@@H]4C[C@H](O)CCC4(C)C3CCC12C.CON(C)C(=O)CCC(C)C1CCC2C3C[C@H](O)[C@@H]4C[C@H](O)CCC4(C)C3CCC12C. The number of fused-ring (bicyclic) bond motifs is 10. The van der Waals surface area contributed by atoms with Gasteiger partial charge in [-0.3, -0.25) is 9.63 Å². The van der Waals surface area contributed by atoms with Crippen LogP contribution in [0.15, 0.2) is 0 Å². The zero-order valence-corrected chi connectivity index (χ0v) is 41.1. The number of hydroxylamine groups is 2. The van der Waals surface area contributed by atoms with Crippen LogP contribution in [0, 0.1) is 92.7 Å². The van der Waals surface area contributed by atoms with E-state index in [4.69, 9.17) is 4.84 Å². The average molecular weight is 950 g/mol. The van der Waals surface area contributed by atoms with E-state index in [9.17, 15) is 56.7 Å². The van der Waals surface area contributed by atoms with Crippen LogP contribution in [-0.4, -0.2) is 93.0 Å². The number of aliphatic hydroxyl groups is 5. The molecule has 0 aliphatic heterocycles. The van der Waals surface area contributed by atoms with Crippen molar-refractivity contribution >= 4 is 5.91 Å². The molecule has 8 nitrogen and oxygen atoms in total. The summed E-state index contributed by atoms with van der Waals surface area (Å²) in [6, 6.07) is 0. The summed E-state index contributed by atoms with van der Waals surface area (Å²) in [4.78, 5) is 17.3. The van der Waals surface area contributed by atoms with Crippen LogP contribution >= 0.6 is 0 Å². The lowest BCUT2D eigenvalue weighted by Gasteiger charge is -2.62. The number of hydrogen-bond donors (Lipinski definition) is 5. The standard InChI is InChI=1S/C26H40F6O3.C26H45NO4/c1-14(6-11-24(35,25(27,28)29)26(30,31)32)17-4-5-18-16-13-21(34)20-12-15(33)7-9-23(20,3)19(16)8-10-22(17,18)2;1-16(6-9-24(30)27(4)31-5)19-7-8-20-18-15-23(29)22-14-17(28)10-12-26(22,3)21(18)11-13-25(19,20)2/h14-21,33-35H,4-13H2,1-3H3;16-23,28-29H,6-15H2,1-5H3/t14?,15-,16?,17?,18?,19?,20+,21+,22?,23?;16?,17-,18?,19?,20?,21?,22+,23+,25?,26?/m11/s1. The Balaban J connectivity index is 0.000000198. The molecule has 5 N–H and O–H groups in total. The van der Waals surface area contributed by atoms with Crippen molar-refractivity contribution in [3.8, 4) is 0 Å². The number of halogens is 6. The quantitative estimate of drug-likeness (QED) is 0.115. The number of alkyl halides is 6. The van der Waals surface area contributed by atoms with Crippen LogP contribution in [0.3, 0.4) is 0 Å². The second kappa shape index (κ2) is 18.8. The second-order valence-electron chi connectivity index (χ2n) is 24.9. The highest BCUT2D eigenvalue weighted by molar-refractivity contribution is 5.74. The molecule has 8 aliphatic carbocycles. The van der Waals surface area contributed by atoms with Gasteiger partial charge >= 0.3 is 12.4 Å². The topological polar surface area (TPSA) is 131 Å². The van der Waals surface area contributed by atoms with E-state index in [-0.39, 0.29) is 82.4 Å². The van der Waals surface area contributed by atoms with E-state index in [1.54, 1.807) is 21.1 Å². The first-order valence-corrected chi connectivity index (χ1v) is 26.0. The van der Waals surface area contributed by atoms with Gasteiger partial charge in [0.15, 0.2) is 0 Å². The molecule has 0 saturated heterocycles. The fourth-order valence-electron chi connectivity index (χ4n) is 18.4. The third-order valence-electron chi connectivity index (χ3n) is 22.2. The zero-order chi connectivity index (χ0) is 48.7. The molecule has 0 spiro atoms. The minimum Gasteiger partial charge on any atom is -0.393 e. The summed E-state index contributed by atoms with van der Waals surface area (Å²) in [6.07, 6.45) is 1.87. The molecule has 0 aromatic rings. The molecule has 66 heavy (non-hydrogen) atoms. The molecule has 8 rings (SSSR count). The van der Waals surface area contributed by atoms with Crippen molar-refractivity contribution in [2.45, 2.75) is 212 Å². The van der Waals surface area contributed by atoms with E-state index >= 15 is 0 Å². The van der Waals surface area contributed by atoms with Gasteiger partial charge in [-0.2, -0.15) is 26.3 Å². The highest BCUT2D eigenvalue weighted by Crippen LogP contribution is 2.70. The fraction of sp³-hybridized carbons (Fsp3) is 0.981. The zero-order valence-electron chi connectivity index (χ0n) is 41.1. The molecule has 8 saturated carbocycles. The number of carbonyl (C=O) groups is 1. The number of aliphatic hydroxyl groups excluding tert-OH is 4. The first-order chi connectivity index (χ1) is 30.6. The molecule has 382 valence electrons. The summed E-state index contributed by atoms with van der Waals surface area (Å²) in [6.45, 7) is 13.4. The Kier molecular flexibility index (Phi) is 15.0. The van der Waals surface area contributed by atoms with Crippen molar-refractivity contribution in [3.05, 3.63) is 0 Å². The Morgan fingerprint density at radius 3 is 1.36 bits per heavy atom. The molecule has 0 bridgehead atoms. The smallest absolute Gasteiger partial charge is 0.393 e. The molecule has 8 aliphatic rings. The highest BCUT2D eigenvalue weighted by atomic mass is 19.4. The predicted molar refractivity (Wildman–Crippen MR) is 239 cm³/mol. The summed E-state index contributed by atoms with van der Waals surface area (Å²) in [5.41, 5.74) is -4.43. The van der Waals surface area contributed by atoms with Crippen molar-refractivity contribution in [3.63, 3.8) is 0 Å². The third-order valence-corrected chi connectivity index (χ3v) is 22.2. The van der Waals surface area contributed by atoms with Crippen molar-refractivity contribution in [1.29, 1.82) is 0 Å². The van der Waals surface area contributed by atoms with Gasteiger partial charge in [0.05, 0.1) is 31.5 Å². The lowest BCUT2D eigenvalue weighted by molar-refractivity contribution is -0.370. The fourth-order valence-corrected chi connectivity index (χ4v) is 18.4. The van der Waals surface area contributed by atoms with Gasteiger partial charge in [-0.15, -0.1) is 0 Å². The van der Waals surface area contributed by atoms with E-state index in [0.29, 0.717) is 60.2 Å². The number of rotatable bonds is 9.